The highest BCUT2D eigenvalue weighted by atomic mass is 127. The Balaban J connectivity index is 0.00000364. The van der Waals surface area contributed by atoms with E-state index in [2.05, 4.69) is 41.6 Å². The fraction of sp³-hybridized carbons (Fsp3) is 0.500. The van der Waals surface area contributed by atoms with E-state index in [1.807, 2.05) is 29.2 Å². The molecule has 7 heteroatoms. The number of nitrogens with one attached hydrogen (secondary N) is 2. The van der Waals surface area contributed by atoms with Crippen LogP contribution in [0.4, 0.5) is 0 Å². The van der Waals surface area contributed by atoms with Crippen LogP contribution in [-0.2, 0) is 11.3 Å². The van der Waals surface area contributed by atoms with Crippen LogP contribution in [0.3, 0.4) is 0 Å². The minimum Gasteiger partial charge on any atom is -0.381 e. The summed E-state index contributed by atoms with van der Waals surface area (Å²) in [6, 6.07) is 8.26. The molecule has 0 unspecified atom stereocenters. The summed E-state index contributed by atoms with van der Waals surface area (Å²) in [6.07, 6.45) is 8.83. The second kappa shape index (κ2) is 14.4. The summed E-state index contributed by atoms with van der Waals surface area (Å²) in [4.78, 5) is 8.85. The van der Waals surface area contributed by atoms with Gasteiger partial charge in [-0.05, 0) is 31.4 Å². The van der Waals surface area contributed by atoms with E-state index in [0.717, 1.165) is 56.4 Å². The summed E-state index contributed by atoms with van der Waals surface area (Å²) in [7, 11) is 0. The normalized spacial score (nSPS) is 11.1. The second-order valence-corrected chi connectivity index (χ2v) is 6.04. The summed E-state index contributed by atoms with van der Waals surface area (Å²) < 4.78 is 7.61. The number of benzene rings is 1. The Kier molecular flexibility index (Phi) is 12.5. The van der Waals surface area contributed by atoms with Gasteiger partial charge in [-0.2, -0.15) is 0 Å². The lowest BCUT2D eigenvalue weighted by Gasteiger charge is -2.13. The highest BCUT2D eigenvalue weighted by Crippen LogP contribution is 2.14. The molecule has 0 atom stereocenters. The first kappa shape index (κ1) is 23.4. The number of imidazole rings is 1. The quantitative estimate of drug-likeness (QED) is 0.220. The molecular formula is C20H32IN5O. The lowest BCUT2D eigenvalue weighted by Crippen LogP contribution is -2.38. The zero-order valence-electron chi connectivity index (χ0n) is 16.4. The summed E-state index contributed by atoms with van der Waals surface area (Å²) in [6.45, 7) is 8.19. The number of rotatable bonds is 11. The minimum atomic E-state index is 0. The van der Waals surface area contributed by atoms with Crippen molar-refractivity contribution in [3.8, 4) is 5.69 Å². The van der Waals surface area contributed by atoms with Gasteiger partial charge in [-0.3, -0.25) is 0 Å². The molecule has 2 rings (SSSR count). The maximum atomic E-state index is 5.59. The molecule has 0 bridgehead atoms. The van der Waals surface area contributed by atoms with Crippen molar-refractivity contribution in [3.05, 3.63) is 48.5 Å². The second-order valence-electron chi connectivity index (χ2n) is 6.04. The molecule has 1 aromatic heterocycles. The molecule has 0 fully saturated rings. The number of aromatic nitrogens is 2. The zero-order chi connectivity index (χ0) is 18.5. The Morgan fingerprint density at radius 1 is 1.15 bits per heavy atom. The first-order valence-corrected chi connectivity index (χ1v) is 9.51. The summed E-state index contributed by atoms with van der Waals surface area (Å²) in [5.41, 5.74) is 2.26. The lowest BCUT2D eigenvalue weighted by atomic mass is 10.2. The van der Waals surface area contributed by atoms with Gasteiger partial charge in [0, 0.05) is 38.7 Å². The van der Waals surface area contributed by atoms with Crippen LogP contribution in [0.25, 0.3) is 5.69 Å². The van der Waals surface area contributed by atoms with E-state index in [-0.39, 0.29) is 24.0 Å². The van der Waals surface area contributed by atoms with Gasteiger partial charge in [0.2, 0.25) is 0 Å². The molecule has 0 radical (unpaired) electrons. The Hall–Kier alpha value is -1.61. The summed E-state index contributed by atoms with van der Waals surface area (Å²) in [5.74, 6) is 0.835. The fourth-order valence-corrected chi connectivity index (χ4v) is 2.53. The van der Waals surface area contributed by atoms with Gasteiger partial charge in [-0.15, -0.1) is 24.0 Å². The lowest BCUT2D eigenvalue weighted by molar-refractivity contribution is 0.129. The molecule has 0 saturated carbocycles. The molecule has 0 amide bonds. The monoisotopic (exact) mass is 485 g/mol. The number of guanidine groups is 1. The smallest absolute Gasteiger partial charge is 0.191 e. The third-order valence-corrected chi connectivity index (χ3v) is 3.93. The number of hydrogen-bond acceptors (Lipinski definition) is 3. The molecule has 2 aromatic rings. The van der Waals surface area contributed by atoms with Crippen molar-refractivity contribution in [1.29, 1.82) is 0 Å². The summed E-state index contributed by atoms with van der Waals surface area (Å²) >= 11 is 0. The molecule has 0 aliphatic carbocycles. The van der Waals surface area contributed by atoms with Crippen molar-refractivity contribution in [2.75, 3.05) is 26.3 Å². The van der Waals surface area contributed by atoms with E-state index in [4.69, 9.17) is 9.73 Å². The Bertz CT molecular complexity index is 646. The fourth-order valence-electron chi connectivity index (χ4n) is 2.53. The number of aliphatic imine (C=N–C) groups is 1. The van der Waals surface area contributed by atoms with Crippen molar-refractivity contribution in [2.45, 2.75) is 39.7 Å². The third kappa shape index (κ3) is 8.75. The number of nitrogens with zero attached hydrogens (tertiary/aromatic N) is 3. The van der Waals surface area contributed by atoms with Crippen LogP contribution in [0.2, 0.25) is 0 Å². The molecule has 150 valence electrons. The molecule has 27 heavy (non-hydrogen) atoms. The van der Waals surface area contributed by atoms with E-state index in [0.29, 0.717) is 6.54 Å². The minimum absolute atomic E-state index is 0. The Morgan fingerprint density at radius 3 is 2.70 bits per heavy atom. The van der Waals surface area contributed by atoms with E-state index in [1.165, 1.54) is 6.42 Å². The van der Waals surface area contributed by atoms with Crippen LogP contribution in [0.1, 0.15) is 38.7 Å². The van der Waals surface area contributed by atoms with Crippen LogP contribution in [-0.4, -0.2) is 41.8 Å². The van der Waals surface area contributed by atoms with Crippen molar-refractivity contribution >= 4 is 29.9 Å². The molecule has 0 saturated heterocycles. The molecule has 0 aliphatic rings. The molecule has 1 aromatic carbocycles. The van der Waals surface area contributed by atoms with E-state index in [9.17, 15) is 0 Å². The van der Waals surface area contributed by atoms with Crippen LogP contribution < -0.4 is 10.6 Å². The number of unbranched alkanes of at least 4 members (excludes halogenated alkanes) is 1. The average molecular weight is 485 g/mol. The van der Waals surface area contributed by atoms with Crippen molar-refractivity contribution in [3.63, 3.8) is 0 Å². The summed E-state index contributed by atoms with van der Waals surface area (Å²) in [5, 5.41) is 6.67. The molecule has 0 spiro atoms. The number of ether oxygens (including phenoxy) is 1. The van der Waals surface area contributed by atoms with Gasteiger partial charge < -0.3 is 19.9 Å². The number of halogens is 1. The molecule has 1 heterocycles. The third-order valence-electron chi connectivity index (χ3n) is 3.93. The van der Waals surface area contributed by atoms with Crippen LogP contribution in [0.5, 0.6) is 0 Å². The van der Waals surface area contributed by atoms with Crippen LogP contribution in [0, 0.1) is 0 Å². The van der Waals surface area contributed by atoms with Gasteiger partial charge >= 0.3 is 0 Å². The Labute approximate surface area is 179 Å². The topological polar surface area (TPSA) is 63.5 Å². The first-order valence-electron chi connectivity index (χ1n) is 9.51. The van der Waals surface area contributed by atoms with Gasteiger partial charge in [-0.1, -0.05) is 31.5 Å². The predicted molar refractivity (Wildman–Crippen MR) is 122 cm³/mol. The van der Waals surface area contributed by atoms with Gasteiger partial charge in [0.1, 0.15) is 0 Å². The molecular weight excluding hydrogens is 453 g/mol. The van der Waals surface area contributed by atoms with Gasteiger partial charge in [0.05, 0.1) is 18.6 Å². The van der Waals surface area contributed by atoms with Crippen molar-refractivity contribution in [2.24, 2.45) is 4.99 Å². The van der Waals surface area contributed by atoms with Gasteiger partial charge in [0.15, 0.2) is 5.96 Å². The largest absolute Gasteiger partial charge is 0.381 e. The molecule has 0 aliphatic heterocycles. The van der Waals surface area contributed by atoms with Crippen LogP contribution in [0.15, 0.2) is 48.0 Å². The van der Waals surface area contributed by atoms with E-state index < -0.39 is 0 Å². The van der Waals surface area contributed by atoms with E-state index >= 15 is 0 Å². The van der Waals surface area contributed by atoms with Crippen molar-refractivity contribution in [1.82, 2.24) is 20.2 Å². The van der Waals surface area contributed by atoms with Gasteiger partial charge in [-0.25, -0.2) is 9.98 Å². The zero-order valence-corrected chi connectivity index (χ0v) is 18.7. The first-order chi connectivity index (χ1) is 12.8. The molecule has 6 nitrogen and oxygen atoms in total. The number of para-hydroxylation sites is 1. The maximum absolute atomic E-state index is 5.59. The standard InChI is InChI=1S/C20H31N5O.HI/c1-3-5-14-26-15-8-11-23-20(22-4-2)24-16-18-9-6-7-10-19(18)25-13-12-21-17-25;/h6-7,9-10,12-13,17H,3-5,8,11,14-16H2,1-2H3,(H2,22,23,24);1H. The number of hydrogen-bond donors (Lipinski definition) is 2. The highest BCUT2D eigenvalue weighted by molar-refractivity contribution is 14.0. The van der Waals surface area contributed by atoms with Gasteiger partial charge in [0.25, 0.3) is 0 Å². The Morgan fingerprint density at radius 2 is 1.96 bits per heavy atom. The molecule has 2 N–H and O–H groups in total. The van der Waals surface area contributed by atoms with Crippen LogP contribution >= 0.6 is 24.0 Å². The average Bonchev–Trinajstić information content (AvgIpc) is 3.20. The van der Waals surface area contributed by atoms with E-state index in [1.54, 1.807) is 6.20 Å². The van der Waals surface area contributed by atoms with Crippen molar-refractivity contribution < 1.29 is 4.74 Å². The predicted octanol–water partition coefficient (Wildman–Crippen LogP) is 3.75. The maximum Gasteiger partial charge on any atom is 0.191 e. The highest BCUT2D eigenvalue weighted by Gasteiger charge is 2.04. The SMILES string of the molecule is CCCCOCCCNC(=NCc1ccccc1-n1ccnc1)NCC.I.